The lowest BCUT2D eigenvalue weighted by Gasteiger charge is -2.34. The van der Waals surface area contributed by atoms with Gasteiger partial charge in [0.15, 0.2) is 5.82 Å². The Hall–Kier alpha value is -2.77. The summed E-state index contributed by atoms with van der Waals surface area (Å²) < 4.78 is 19.7. The van der Waals surface area contributed by atoms with Crippen molar-refractivity contribution in [1.29, 1.82) is 0 Å². The standard InChI is InChI=1S/C20H26FN5O2/c1-13(2)28-15-5-6-17(16(21)11-15)22-20(27)26-9-7-25(8-10-26)19-12-18(23-24-19)14-3-4-14/h5-6,11-14H,3-4,7-10H2,1-2H3,(H,22,27)(H,23,24). The normalized spacial score (nSPS) is 17.1. The van der Waals surface area contributed by atoms with E-state index in [0.29, 0.717) is 37.8 Å². The monoisotopic (exact) mass is 387 g/mol. The Morgan fingerprint density at radius 1 is 1.25 bits per heavy atom. The summed E-state index contributed by atoms with van der Waals surface area (Å²) in [6.07, 6.45) is 2.43. The number of nitrogens with one attached hydrogen (secondary N) is 2. The fourth-order valence-corrected chi connectivity index (χ4v) is 3.37. The first-order chi connectivity index (χ1) is 13.5. The van der Waals surface area contributed by atoms with Gasteiger partial charge in [0.1, 0.15) is 11.6 Å². The molecule has 0 unspecified atom stereocenters. The number of aromatic amines is 1. The number of benzene rings is 1. The molecule has 0 spiro atoms. The quantitative estimate of drug-likeness (QED) is 0.823. The maximum Gasteiger partial charge on any atom is 0.322 e. The smallest absolute Gasteiger partial charge is 0.322 e. The average Bonchev–Trinajstić information content (AvgIpc) is 3.40. The molecule has 150 valence electrons. The lowest BCUT2D eigenvalue weighted by Crippen LogP contribution is -2.50. The Kier molecular flexibility index (Phi) is 5.11. The van der Waals surface area contributed by atoms with Crippen LogP contribution in [-0.4, -0.2) is 53.4 Å². The molecule has 1 aromatic carbocycles. The van der Waals surface area contributed by atoms with Crippen LogP contribution in [0.4, 0.5) is 20.7 Å². The molecule has 2 fully saturated rings. The summed E-state index contributed by atoms with van der Waals surface area (Å²) in [5, 5.41) is 10.2. The average molecular weight is 387 g/mol. The van der Waals surface area contributed by atoms with Crippen LogP contribution in [0.1, 0.15) is 38.3 Å². The first kappa shape index (κ1) is 18.6. The van der Waals surface area contributed by atoms with Crippen molar-refractivity contribution in [3.05, 3.63) is 35.8 Å². The van der Waals surface area contributed by atoms with Gasteiger partial charge in [0.05, 0.1) is 11.8 Å². The molecule has 2 amide bonds. The molecule has 0 atom stereocenters. The highest BCUT2D eigenvalue weighted by atomic mass is 19.1. The molecule has 1 saturated carbocycles. The number of nitrogens with zero attached hydrogens (tertiary/aromatic N) is 3. The van der Waals surface area contributed by atoms with E-state index < -0.39 is 5.82 Å². The van der Waals surface area contributed by atoms with Crippen LogP contribution >= 0.6 is 0 Å². The fraction of sp³-hybridized carbons (Fsp3) is 0.500. The predicted molar refractivity (Wildman–Crippen MR) is 106 cm³/mol. The summed E-state index contributed by atoms with van der Waals surface area (Å²) in [7, 11) is 0. The predicted octanol–water partition coefficient (Wildman–Crippen LogP) is 3.57. The Bertz CT molecular complexity index is 841. The number of aromatic nitrogens is 2. The SMILES string of the molecule is CC(C)Oc1ccc(NC(=O)N2CCN(c3cc(C4CC4)[nH]n3)CC2)c(F)c1. The number of ether oxygens (including phenoxy) is 1. The van der Waals surface area contributed by atoms with Gasteiger partial charge in [-0.25, -0.2) is 9.18 Å². The zero-order chi connectivity index (χ0) is 19.7. The van der Waals surface area contributed by atoms with Crippen molar-refractivity contribution in [3.8, 4) is 5.75 Å². The van der Waals surface area contributed by atoms with Crippen LogP contribution < -0.4 is 15.0 Å². The second-order valence-corrected chi connectivity index (χ2v) is 7.67. The maximum absolute atomic E-state index is 14.3. The number of urea groups is 1. The van der Waals surface area contributed by atoms with Gasteiger partial charge < -0.3 is 19.9 Å². The zero-order valence-electron chi connectivity index (χ0n) is 16.2. The highest BCUT2D eigenvalue weighted by molar-refractivity contribution is 5.89. The summed E-state index contributed by atoms with van der Waals surface area (Å²) in [6.45, 7) is 6.28. The highest BCUT2D eigenvalue weighted by Gasteiger charge is 2.28. The number of H-pyrrole nitrogens is 1. The minimum atomic E-state index is -0.505. The van der Waals surface area contributed by atoms with Crippen LogP contribution in [0.2, 0.25) is 0 Å². The van der Waals surface area contributed by atoms with E-state index in [1.165, 1.54) is 30.7 Å². The molecule has 8 heteroatoms. The Balaban J connectivity index is 1.31. The van der Waals surface area contributed by atoms with Crippen molar-refractivity contribution in [2.24, 2.45) is 0 Å². The molecule has 1 saturated heterocycles. The molecule has 1 aliphatic heterocycles. The second kappa shape index (κ2) is 7.69. The topological polar surface area (TPSA) is 73.5 Å². The van der Waals surface area contributed by atoms with Gasteiger partial charge in [-0.2, -0.15) is 5.10 Å². The number of anilines is 2. The minimum absolute atomic E-state index is 0.0361. The molecule has 28 heavy (non-hydrogen) atoms. The number of hydrogen-bond donors (Lipinski definition) is 2. The summed E-state index contributed by atoms with van der Waals surface area (Å²) in [5.74, 6) is 1.52. The lowest BCUT2D eigenvalue weighted by atomic mass is 10.2. The van der Waals surface area contributed by atoms with E-state index in [1.807, 2.05) is 13.8 Å². The maximum atomic E-state index is 14.3. The number of amides is 2. The van der Waals surface area contributed by atoms with Crippen molar-refractivity contribution in [2.45, 2.75) is 38.7 Å². The molecule has 0 radical (unpaired) electrons. The van der Waals surface area contributed by atoms with Crippen molar-refractivity contribution in [1.82, 2.24) is 15.1 Å². The van der Waals surface area contributed by atoms with Crippen molar-refractivity contribution in [2.75, 3.05) is 36.4 Å². The number of piperazine rings is 1. The third kappa shape index (κ3) is 4.21. The summed E-state index contributed by atoms with van der Waals surface area (Å²) in [6, 6.07) is 6.30. The molecule has 4 rings (SSSR count). The third-order valence-electron chi connectivity index (χ3n) is 5.05. The van der Waals surface area contributed by atoms with E-state index in [1.54, 1.807) is 11.0 Å². The molecule has 2 aromatic rings. The number of carbonyl (C=O) groups excluding carboxylic acids is 1. The van der Waals surface area contributed by atoms with Crippen LogP contribution in [0.3, 0.4) is 0 Å². The molecule has 2 N–H and O–H groups in total. The van der Waals surface area contributed by atoms with Crippen LogP contribution in [-0.2, 0) is 0 Å². The third-order valence-corrected chi connectivity index (χ3v) is 5.05. The van der Waals surface area contributed by atoms with Gasteiger partial charge >= 0.3 is 6.03 Å². The summed E-state index contributed by atoms with van der Waals surface area (Å²) >= 11 is 0. The van der Waals surface area contributed by atoms with E-state index in [0.717, 1.165) is 5.82 Å². The fourth-order valence-electron chi connectivity index (χ4n) is 3.37. The lowest BCUT2D eigenvalue weighted by molar-refractivity contribution is 0.208. The molecular weight excluding hydrogens is 361 g/mol. The van der Waals surface area contributed by atoms with Crippen molar-refractivity contribution in [3.63, 3.8) is 0 Å². The highest BCUT2D eigenvalue weighted by Crippen LogP contribution is 2.39. The Morgan fingerprint density at radius 3 is 2.64 bits per heavy atom. The van der Waals surface area contributed by atoms with Crippen molar-refractivity contribution < 1.29 is 13.9 Å². The van der Waals surface area contributed by atoms with E-state index in [-0.39, 0.29) is 17.8 Å². The van der Waals surface area contributed by atoms with Crippen molar-refractivity contribution >= 4 is 17.5 Å². The van der Waals surface area contributed by atoms with Crippen LogP contribution in [0.15, 0.2) is 24.3 Å². The van der Waals surface area contributed by atoms with Gasteiger partial charge in [0.25, 0.3) is 0 Å². The molecular formula is C20H26FN5O2. The first-order valence-corrected chi connectivity index (χ1v) is 9.82. The number of rotatable bonds is 5. The van der Waals surface area contributed by atoms with E-state index in [2.05, 4.69) is 26.5 Å². The molecule has 2 heterocycles. The van der Waals surface area contributed by atoms with E-state index >= 15 is 0 Å². The van der Waals surface area contributed by atoms with Gasteiger partial charge in [-0.15, -0.1) is 0 Å². The zero-order valence-corrected chi connectivity index (χ0v) is 16.2. The summed E-state index contributed by atoms with van der Waals surface area (Å²) in [5.41, 5.74) is 1.36. The summed E-state index contributed by atoms with van der Waals surface area (Å²) in [4.78, 5) is 16.4. The minimum Gasteiger partial charge on any atom is -0.491 e. The van der Waals surface area contributed by atoms with E-state index in [9.17, 15) is 9.18 Å². The first-order valence-electron chi connectivity index (χ1n) is 9.82. The van der Waals surface area contributed by atoms with Crippen LogP contribution in [0, 0.1) is 5.82 Å². The Labute approximate surface area is 163 Å². The van der Waals surface area contributed by atoms with Gasteiger partial charge in [0.2, 0.25) is 0 Å². The molecule has 1 aliphatic carbocycles. The van der Waals surface area contributed by atoms with Gasteiger partial charge in [0, 0.05) is 49.9 Å². The molecule has 1 aromatic heterocycles. The van der Waals surface area contributed by atoms with Gasteiger partial charge in [-0.1, -0.05) is 0 Å². The van der Waals surface area contributed by atoms with E-state index in [4.69, 9.17) is 4.74 Å². The second-order valence-electron chi connectivity index (χ2n) is 7.67. The van der Waals surface area contributed by atoms with Crippen LogP contribution in [0.25, 0.3) is 0 Å². The molecule has 7 nitrogen and oxygen atoms in total. The number of hydrogen-bond acceptors (Lipinski definition) is 4. The number of carbonyl (C=O) groups is 1. The molecule has 0 bridgehead atoms. The number of halogens is 1. The Morgan fingerprint density at radius 2 is 2.00 bits per heavy atom. The van der Waals surface area contributed by atoms with Crippen LogP contribution in [0.5, 0.6) is 5.75 Å². The molecule has 2 aliphatic rings. The van der Waals surface area contributed by atoms with Gasteiger partial charge in [-0.3, -0.25) is 5.10 Å². The largest absolute Gasteiger partial charge is 0.491 e. The van der Waals surface area contributed by atoms with Gasteiger partial charge in [-0.05, 0) is 38.8 Å².